The van der Waals surface area contributed by atoms with Crippen LogP contribution in [-0.4, -0.2) is 50.8 Å². The van der Waals surface area contributed by atoms with Gasteiger partial charge in [-0.05, 0) is 44.4 Å². The van der Waals surface area contributed by atoms with E-state index >= 15 is 0 Å². The number of carbonyl (C=O) groups excluding carboxylic acids is 1. The lowest BCUT2D eigenvalue weighted by atomic mass is 9.90. The van der Waals surface area contributed by atoms with Gasteiger partial charge in [-0.15, -0.1) is 10.2 Å². The van der Waals surface area contributed by atoms with Crippen molar-refractivity contribution in [2.45, 2.75) is 56.7 Å². The molecular weight excluding hydrogens is 332 g/mol. The molecule has 8 heteroatoms. The molecule has 0 unspecified atom stereocenters. The van der Waals surface area contributed by atoms with Gasteiger partial charge in [-0.1, -0.05) is 0 Å². The summed E-state index contributed by atoms with van der Waals surface area (Å²) in [5, 5.41) is 8.81. The van der Waals surface area contributed by atoms with Gasteiger partial charge in [0.05, 0.1) is 6.10 Å². The Balaban J connectivity index is 1.29. The molecule has 26 heavy (non-hydrogen) atoms. The molecule has 0 radical (unpaired) electrons. The number of amides is 1. The first kappa shape index (κ1) is 16.0. The zero-order chi connectivity index (χ0) is 17.7. The van der Waals surface area contributed by atoms with Gasteiger partial charge >= 0.3 is 0 Å². The molecule has 3 aliphatic rings. The third-order valence-corrected chi connectivity index (χ3v) is 6.01. The zero-order valence-electron chi connectivity index (χ0n) is 14.8. The fourth-order valence-corrected chi connectivity index (χ4v) is 4.38. The minimum Gasteiger partial charge on any atom is -0.367 e. The number of nitrogens with two attached hydrogens (primary N) is 1. The number of anilines is 1. The van der Waals surface area contributed by atoms with E-state index in [4.69, 9.17) is 10.5 Å². The fraction of sp³-hybridized carbons (Fsp3) is 0.667. The number of hydrogen-bond donors (Lipinski definition) is 1. The maximum absolute atomic E-state index is 11.3. The molecule has 0 spiro atoms. The number of nitrogens with zero attached hydrogens (tertiary/aromatic N) is 5. The molecule has 1 saturated carbocycles. The largest absolute Gasteiger partial charge is 0.367 e. The van der Waals surface area contributed by atoms with Crippen LogP contribution < -0.4 is 10.6 Å². The molecule has 138 valence electrons. The number of carbonyl (C=O) groups is 1. The Morgan fingerprint density at radius 3 is 2.62 bits per heavy atom. The minimum atomic E-state index is -0.398. The van der Waals surface area contributed by atoms with Gasteiger partial charge < -0.3 is 15.4 Å². The molecule has 8 nitrogen and oxygen atoms in total. The van der Waals surface area contributed by atoms with Crippen molar-refractivity contribution < 1.29 is 9.53 Å². The molecule has 2 aromatic rings. The van der Waals surface area contributed by atoms with E-state index in [2.05, 4.69) is 24.5 Å². The number of rotatable bonds is 4. The van der Waals surface area contributed by atoms with Gasteiger partial charge in [-0.2, -0.15) is 0 Å². The Bertz CT molecular complexity index is 824. The molecule has 0 aromatic carbocycles. The molecular formula is C18H24N6O2. The molecule has 2 aliphatic heterocycles. The molecule has 0 bridgehead atoms. The smallest absolute Gasteiger partial charge is 0.246 e. The van der Waals surface area contributed by atoms with Crippen LogP contribution in [-0.2, 0) is 9.53 Å². The fourth-order valence-electron chi connectivity index (χ4n) is 4.38. The monoisotopic (exact) mass is 356 g/mol. The summed E-state index contributed by atoms with van der Waals surface area (Å²) in [7, 11) is 0. The first-order valence-electron chi connectivity index (χ1n) is 9.60. The van der Waals surface area contributed by atoms with Crippen LogP contribution in [0.15, 0.2) is 12.4 Å². The Hall–Kier alpha value is -2.22. The van der Waals surface area contributed by atoms with Crippen LogP contribution in [0.2, 0.25) is 0 Å². The van der Waals surface area contributed by atoms with Crippen molar-refractivity contribution in [3.63, 3.8) is 0 Å². The highest BCUT2D eigenvalue weighted by Gasteiger charge is 2.36. The number of ether oxygens (including phenoxy) is 1. The van der Waals surface area contributed by atoms with E-state index in [-0.39, 0.29) is 12.0 Å². The molecule has 1 amide bonds. The lowest BCUT2D eigenvalue weighted by Crippen LogP contribution is -2.39. The molecule has 5 rings (SSSR count). The van der Waals surface area contributed by atoms with Crippen LogP contribution in [0.4, 0.5) is 5.82 Å². The van der Waals surface area contributed by atoms with Gasteiger partial charge in [0.25, 0.3) is 0 Å². The van der Waals surface area contributed by atoms with Gasteiger partial charge in [0.1, 0.15) is 11.9 Å². The summed E-state index contributed by atoms with van der Waals surface area (Å²) >= 11 is 0. The molecule has 1 aliphatic carbocycles. The van der Waals surface area contributed by atoms with E-state index < -0.39 is 6.10 Å². The first-order valence-corrected chi connectivity index (χ1v) is 9.60. The Kier molecular flexibility index (Phi) is 3.81. The maximum atomic E-state index is 11.3. The van der Waals surface area contributed by atoms with Crippen LogP contribution >= 0.6 is 0 Å². The molecule has 2 N–H and O–H groups in total. The first-order chi connectivity index (χ1) is 12.7. The normalized spacial score (nSPS) is 27.3. The van der Waals surface area contributed by atoms with Crippen LogP contribution in [0.5, 0.6) is 0 Å². The van der Waals surface area contributed by atoms with Crippen molar-refractivity contribution in [1.82, 2.24) is 19.6 Å². The molecule has 2 aromatic heterocycles. The maximum Gasteiger partial charge on any atom is 0.246 e. The summed E-state index contributed by atoms with van der Waals surface area (Å²) in [6, 6.07) is 0. The number of hydrogen-bond acceptors (Lipinski definition) is 6. The predicted octanol–water partition coefficient (Wildman–Crippen LogP) is 1.25. The SMILES string of the molecule is NC(=O)[C@H]1CC[C@@H](C2CCN(c3nccn4c(C5CC5)nnc34)CC2)O1. The second kappa shape index (κ2) is 6.19. The topological polar surface area (TPSA) is 98.6 Å². The summed E-state index contributed by atoms with van der Waals surface area (Å²) in [6.07, 6.45) is 9.74. The van der Waals surface area contributed by atoms with Crippen LogP contribution in [0.1, 0.15) is 50.3 Å². The standard InChI is InChI=1S/C18H24N6O2/c19-15(25)14-4-3-13(26-14)11-5-8-23(9-6-11)17-18-22-21-16(12-1-2-12)24(18)10-7-20-17/h7,10-14H,1-6,8-9H2,(H2,19,25)/t13-,14+/m0/s1. The second-order valence-corrected chi connectivity index (χ2v) is 7.74. The summed E-state index contributed by atoms with van der Waals surface area (Å²) < 4.78 is 7.98. The van der Waals surface area contributed by atoms with E-state index in [1.807, 2.05) is 12.4 Å². The van der Waals surface area contributed by atoms with Gasteiger partial charge in [0.15, 0.2) is 5.82 Å². The lowest BCUT2D eigenvalue weighted by Gasteiger charge is -2.35. The number of fused-ring (bicyclic) bond motifs is 1. The zero-order valence-corrected chi connectivity index (χ0v) is 14.8. The van der Waals surface area contributed by atoms with E-state index in [0.717, 1.165) is 56.1 Å². The van der Waals surface area contributed by atoms with Crippen molar-refractivity contribution in [2.24, 2.45) is 11.7 Å². The third-order valence-electron chi connectivity index (χ3n) is 6.01. The third kappa shape index (κ3) is 2.72. The second-order valence-electron chi connectivity index (χ2n) is 7.74. The minimum absolute atomic E-state index is 0.160. The summed E-state index contributed by atoms with van der Waals surface area (Å²) in [5.74, 6) is 2.70. The number of primary amides is 1. The van der Waals surface area contributed by atoms with Crippen LogP contribution in [0, 0.1) is 5.92 Å². The average molecular weight is 356 g/mol. The van der Waals surface area contributed by atoms with Crippen molar-refractivity contribution >= 4 is 17.4 Å². The highest BCUT2D eigenvalue weighted by atomic mass is 16.5. The quantitative estimate of drug-likeness (QED) is 0.885. The summed E-state index contributed by atoms with van der Waals surface area (Å²) in [5.41, 5.74) is 6.23. The summed E-state index contributed by atoms with van der Waals surface area (Å²) in [4.78, 5) is 18.2. The summed E-state index contributed by atoms with van der Waals surface area (Å²) in [6.45, 7) is 1.84. The van der Waals surface area contributed by atoms with Crippen molar-refractivity contribution in [3.05, 3.63) is 18.2 Å². The Labute approximate surface area is 151 Å². The molecule has 4 heterocycles. The van der Waals surface area contributed by atoms with Crippen molar-refractivity contribution in [3.8, 4) is 0 Å². The Morgan fingerprint density at radius 1 is 1.12 bits per heavy atom. The predicted molar refractivity (Wildman–Crippen MR) is 94.8 cm³/mol. The van der Waals surface area contributed by atoms with E-state index in [1.165, 1.54) is 12.8 Å². The molecule has 2 atom stereocenters. The van der Waals surface area contributed by atoms with Crippen molar-refractivity contribution in [1.29, 1.82) is 0 Å². The van der Waals surface area contributed by atoms with E-state index in [1.54, 1.807) is 0 Å². The van der Waals surface area contributed by atoms with Crippen molar-refractivity contribution in [2.75, 3.05) is 18.0 Å². The molecule has 3 fully saturated rings. The average Bonchev–Trinajstić information content (AvgIpc) is 3.21. The van der Waals surface area contributed by atoms with Gasteiger partial charge in [-0.3, -0.25) is 9.20 Å². The highest BCUT2D eigenvalue weighted by Crippen LogP contribution is 2.39. The van der Waals surface area contributed by atoms with Gasteiger partial charge in [0.2, 0.25) is 11.6 Å². The van der Waals surface area contributed by atoms with Crippen LogP contribution in [0.25, 0.3) is 5.65 Å². The van der Waals surface area contributed by atoms with Crippen LogP contribution in [0.3, 0.4) is 0 Å². The van der Waals surface area contributed by atoms with Gasteiger partial charge in [0, 0.05) is 31.4 Å². The van der Waals surface area contributed by atoms with E-state index in [9.17, 15) is 4.79 Å². The molecule has 2 saturated heterocycles. The van der Waals surface area contributed by atoms with E-state index in [0.29, 0.717) is 11.8 Å². The Morgan fingerprint density at radius 2 is 1.92 bits per heavy atom. The number of aromatic nitrogens is 4. The lowest BCUT2D eigenvalue weighted by molar-refractivity contribution is -0.130. The van der Waals surface area contributed by atoms with Gasteiger partial charge in [-0.25, -0.2) is 4.98 Å². The number of piperidine rings is 1. The highest BCUT2D eigenvalue weighted by molar-refractivity contribution is 5.79.